The van der Waals surface area contributed by atoms with Crippen molar-refractivity contribution in [3.05, 3.63) is 88.0 Å². The summed E-state index contributed by atoms with van der Waals surface area (Å²) in [6, 6.07) is 18.1. The van der Waals surface area contributed by atoms with Gasteiger partial charge in [0.25, 0.3) is 0 Å². The number of benzene rings is 3. The van der Waals surface area contributed by atoms with Crippen LogP contribution in [0, 0.1) is 0 Å². The summed E-state index contributed by atoms with van der Waals surface area (Å²) in [5.74, 6) is 0.269. The van der Waals surface area contributed by atoms with Crippen LogP contribution in [0.3, 0.4) is 0 Å². The van der Waals surface area contributed by atoms with E-state index in [1.165, 1.54) is 11.1 Å². The SMILES string of the molecule is CC(C)(C)c1ccc(-c2c(C(=O)c3ccccc3)cc(C(C)(C)C)c(O)c2C(C)(C)C)c(C(C)(C)C)c1. The van der Waals surface area contributed by atoms with Gasteiger partial charge in [-0.2, -0.15) is 0 Å². The molecule has 37 heavy (non-hydrogen) atoms. The molecular formula is C35H46O2. The minimum atomic E-state index is -0.399. The molecule has 0 bridgehead atoms. The Labute approximate surface area is 225 Å². The Balaban J connectivity index is 2.59. The number of hydrogen-bond donors (Lipinski definition) is 1. The average molecular weight is 499 g/mol. The molecule has 198 valence electrons. The zero-order chi connectivity index (χ0) is 28.1. The average Bonchev–Trinajstić information content (AvgIpc) is 2.75. The number of hydrogen-bond acceptors (Lipinski definition) is 2. The minimum absolute atomic E-state index is 0.00763. The molecule has 2 heteroatoms. The van der Waals surface area contributed by atoms with Crippen molar-refractivity contribution in [3.8, 4) is 16.9 Å². The topological polar surface area (TPSA) is 37.3 Å². The molecule has 3 aromatic rings. The van der Waals surface area contributed by atoms with E-state index < -0.39 is 5.41 Å². The van der Waals surface area contributed by atoms with Crippen LogP contribution in [0.5, 0.6) is 5.75 Å². The lowest BCUT2D eigenvalue weighted by molar-refractivity contribution is 0.103. The van der Waals surface area contributed by atoms with Crippen LogP contribution in [-0.4, -0.2) is 10.9 Å². The van der Waals surface area contributed by atoms with E-state index in [-0.39, 0.29) is 22.0 Å². The molecule has 0 saturated heterocycles. The second kappa shape index (κ2) is 9.46. The summed E-state index contributed by atoms with van der Waals surface area (Å²) in [6.07, 6.45) is 0. The van der Waals surface area contributed by atoms with Gasteiger partial charge in [0.15, 0.2) is 5.78 Å². The fourth-order valence-corrected chi connectivity index (χ4v) is 5.03. The van der Waals surface area contributed by atoms with Crippen LogP contribution in [0.1, 0.15) is 121 Å². The van der Waals surface area contributed by atoms with Crippen molar-refractivity contribution >= 4 is 5.78 Å². The Morgan fingerprint density at radius 3 is 1.62 bits per heavy atom. The molecule has 0 spiro atoms. The standard InChI is InChI=1S/C35H46O2/c1-32(2,3)23-18-19-24(26(20-23)33(4,5)6)28-25(30(36)22-16-14-13-15-17-22)21-27(34(7,8)9)31(37)29(28)35(10,11)12/h13-21,37H,1-12H3. The maximum Gasteiger partial charge on any atom is 0.193 e. The van der Waals surface area contributed by atoms with Crippen molar-refractivity contribution in [1.82, 2.24) is 0 Å². The monoisotopic (exact) mass is 498 g/mol. The summed E-state index contributed by atoms with van der Waals surface area (Å²) < 4.78 is 0. The molecule has 0 atom stereocenters. The van der Waals surface area contributed by atoms with Crippen LogP contribution < -0.4 is 0 Å². The predicted molar refractivity (Wildman–Crippen MR) is 158 cm³/mol. The van der Waals surface area contributed by atoms with E-state index >= 15 is 0 Å². The Morgan fingerprint density at radius 2 is 1.16 bits per heavy atom. The van der Waals surface area contributed by atoms with Gasteiger partial charge in [0.1, 0.15) is 5.75 Å². The van der Waals surface area contributed by atoms with Crippen LogP contribution in [0.15, 0.2) is 54.6 Å². The Hall–Kier alpha value is -2.87. The van der Waals surface area contributed by atoms with Gasteiger partial charge in [0, 0.05) is 27.8 Å². The minimum Gasteiger partial charge on any atom is -0.507 e. The van der Waals surface area contributed by atoms with Crippen LogP contribution >= 0.6 is 0 Å². The molecule has 0 fully saturated rings. The van der Waals surface area contributed by atoms with E-state index in [2.05, 4.69) is 101 Å². The first-order valence-electron chi connectivity index (χ1n) is 13.4. The molecule has 0 saturated carbocycles. The molecule has 0 amide bonds. The second-order valence-electron chi connectivity index (χ2n) is 14.5. The molecule has 0 unspecified atom stereocenters. The largest absolute Gasteiger partial charge is 0.507 e. The summed E-state index contributed by atoms with van der Waals surface area (Å²) in [6.45, 7) is 26.0. The molecule has 3 rings (SSSR count). The van der Waals surface area contributed by atoms with Gasteiger partial charge in [-0.1, -0.05) is 132 Å². The normalized spacial score (nSPS) is 13.1. The number of phenolic OH excluding ortho intramolecular Hbond substituents is 1. The van der Waals surface area contributed by atoms with Crippen molar-refractivity contribution < 1.29 is 9.90 Å². The highest BCUT2D eigenvalue weighted by molar-refractivity contribution is 6.14. The highest BCUT2D eigenvalue weighted by Crippen LogP contribution is 2.49. The third-order valence-electron chi connectivity index (χ3n) is 7.10. The van der Waals surface area contributed by atoms with Crippen LogP contribution in [0.4, 0.5) is 0 Å². The van der Waals surface area contributed by atoms with E-state index in [1.54, 1.807) is 0 Å². The third kappa shape index (κ3) is 5.84. The van der Waals surface area contributed by atoms with E-state index in [4.69, 9.17) is 0 Å². The number of carbonyl (C=O) groups excluding carboxylic acids is 1. The van der Waals surface area contributed by atoms with Crippen LogP contribution in [0.25, 0.3) is 11.1 Å². The first kappa shape index (κ1) is 28.7. The number of ketones is 1. The van der Waals surface area contributed by atoms with Gasteiger partial charge >= 0.3 is 0 Å². The predicted octanol–water partition coefficient (Wildman–Crippen LogP) is 9.48. The van der Waals surface area contributed by atoms with Crippen molar-refractivity contribution in [2.24, 2.45) is 0 Å². The van der Waals surface area contributed by atoms with Gasteiger partial charge in [0.05, 0.1) is 0 Å². The van der Waals surface area contributed by atoms with Crippen molar-refractivity contribution in [2.45, 2.75) is 105 Å². The number of carbonyl (C=O) groups is 1. The molecule has 0 aromatic heterocycles. The quantitative estimate of drug-likeness (QED) is 0.365. The van der Waals surface area contributed by atoms with Gasteiger partial charge in [-0.3, -0.25) is 4.79 Å². The molecule has 0 aliphatic heterocycles. The number of aromatic hydroxyl groups is 1. The van der Waals surface area contributed by atoms with Gasteiger partial charge in [-0.25, -0.2) is 0 Å². The zero-order valence-corrected chi connectivity index (χ0v) is 25.1. The zero-order valence-electron chi connectivity index (χ0n) is 25.1. The molecular weight excluding hydrogens is 452 g/mol. The highest BCUT2D eigenvalue weighted by Gasteiger charge is 2.35. The van der Waals surface area contributed by atoms with E-state index in [0.717, 1.165) is 22.3 Å². The maximum atomic E-state index is 14.2. The lowest BCUT2D eigenvalue weighted by Crippen LogP contribution is -2.23. The van der Waals surface area contributed by atoms with E-state index in [9.17, 15) is 9.90 Å². The van der Waals surface area contributed by atoms with Gasteiger partial charge in [-0.15, -0.1) is 0 Å². The van der Waals surface area contributed by atoms with Crippen molar-refractivity contribution in [2.75, 3.05) is 0 Å². The van der Waals surface area contributed by atoms with Crippen molar-refractivity contribution in [1.29, 1.82) is 0 Å². The number of rotatable bonds is 3. The van der Waals surface area contributed by atoms with E-state index in [0.29, 0.717) is 16.9 Å². The van der Waals surface area contributed by atoms with E-state index in [1.807, 2.05) is 36.4 Å². The van der Waals surface area contributed by atoms with Gasteiger partial charge < -0.3 is 5.11 Å². The Morgan fingerprint density at radius 1 is 0.622 bits per heavy atom. The van der Waals surface area contributed by atoms with Gasteiger partial charge in [-0.05, 0) is 44.4 Å². The number of phenols is 1. The molecule has 2 nitrogen and oxygen atoms in total. The van der Waals surface area contributed by atoms with Crippen LogP contribution in [-0.2, 0) is 21.7 Å². The molecule has 0 radical (unpaired) electrons. The smallest absolute Gasteiger partial charge is 0.193 e. The molecule has 3 aromatic carbocycles. The summed E-state index contributed by atoms with van der Waals surface area (Å²) in [5, 5.41) is 11.8. The second-order valence-corrected chi connectivity index (χ2v) is 14.5. The fourth-order valence-electron chi connectivity index (χ4n) is 5.03. The Bertz CT molecular complexity index is 1300. The summed E-state index contributed by atoms with van der Waals surface area (Å²) in [4.78, 5) is 14.2. The van der Waals surface area contributed by atoms with Crippen molar-refractivity contribution in [3.63, 3.8) is 0 Å². The third-order valence-corrected chi connectivity index (χ3v) is 7.10. The fraction of sp³-hybridized carbons (Fsp3) is 0.457. The first-order chi connectivity index (χ1) is 16.7. The summed E-state index contributed by atoms with van der Waals surface area (Å²) in [5.41, 5.74) is 6.30. The molecule has 0 heterocycles. The summed E-state index contributed by atoms with van der Waals surface area (Å²) >= 11 is 0. The maximum absolute atomic E-state index is 14.2. The molecule has 0 aliphatic rings. The first-order valence-corrected chi connectivity index (χ1v) is 13.4. The lowest BCUT2D eigenvalue weighted by atomic mass is 9.70. The summed E-state index contributed by atoms with van der Waals surface area (Å²) in [7, 11) is 0. The van der Waals surface area contributed by atoms with Gasteiger partial charge in [0.2, 0.25) is 0 Å². The Kier molecular flexibility index (Phi) is 7.34. The lowest BCUT2D eigenvalue weighted by Gasteiger charge is -2.34. The molecule has 1 N–H and O–H groups in total. The van der Waals surface area contributed by atoms with Crippen LogP contribution in [0.2, 0.25) is 0 Å². The molecule has 0 aliphatic carbocycles. The highest BCUT2D eigenvalue weighted by atomic mass is 16.3.